The first kappa shape index (κ1) is 14.1. The molecule has 2 aromatic carbocycles. The molecule has 2 aromatic rings. The average molecular weight is 273 g/mol. The van der Waals surface area contributed by atoms with Gasteiger partial charge in [-0.2, -0.15) is 0 Å². The van der Waals surface area contributed by atoms with Crippen molar-refractivity contribution in [2.45, 2.75) is 13.5 Å². The normalized spacial score (nSPS) is 10.3. The van der Waals surface area contributed by atoms with Crippen LogP contribution < -0.4 is 4.90 Å². The van der Waals surface area contributed by atoms with Gasteiger partial charge in [0.05, 0.1) is 5.56 Å². The van der Waals surface area contributed by atoms with Crippen LogP contribution in [0.15, 0.2) is 48.5 Å². The first-order valence-corrected chi connectivity index (χ1v) is 6.43. The summed E-state index contributed by atoms with van der Waals surface area (Å²) < 4.78 is 13.4. The van der Waals surface area contributed by atoms with E-state index in [0.717, 1.165) is 5.69 Å². The molecule has 2 rings (SSSR count). The topological polar surface area (TPSA) is 40.5 Å². The van der Waals surface area contributed by atoms with Crippen molar-refractivity contribution in [2.75, 3.05) is 11.4 Å². The van der Waals surface area contributed by atoms with E-state index in [4.69, 9.17) is 0 Å². The van der Waals surface area contributed by atoms with Crippen LogP contribution in [0.1, 0.15) is 22.8 Å². The number of hydrogen-bond acceptors (Lipinski definition) is 2. The Morgan fingerprint density at radius 3 is 2.50 bits per heavy atom. The SMILES string of the molecule is CCN(Cc1cc(F)ccc1C(=O)O)c1ccccc1. The smallest absolute Gasteiger partial charge is 0.336 e. The second-order valence-corrected chi connectivity index (χ2v) is 4.46. The summed E-state index contributed by atoms with van der Waals surface area (Å²) in [4.78, 5) is 13.2. The van der Waals surface area contributed by atoms with Crippen molar-refractivity contribution in [2.24, 2.45) is 0 Å². The highest BCUT2D eigenvalue weighted by atomic mass is 19.1. The summed E-state index contributed by atoms with van der Waals surface area (Å²) in [6, 6.07) is 13.4. The van der Waals surface area contributed by atoms with E-state index in [9.17, 15) is 14.3 Å². The van der Waals surface area contributed by atoms with Gasteiger partial charge in [0, 0.05) is 18.8 Å². The van der Waals surface area contributed by atoms with Gasteiger partial charge in [-0.15, -0.1) is 0 Å². The number of carboxylic acid groups (broad SMARTS) is 1. The lowest BCUT2D eigenvalue weighted by molar-refractivity contribution is 0.0695. The molecule has 3 nitrogen and oxygen atoms in total. The lowest BCUT2D eigenvalue weighted by Gasteiger charge is -2.24. The van der Waals surface area contributed by atoms with Crippen LogP contribution in [0.2, 0.25) is 0 Å². The largest absolute Gasteiger partial charge is 0.478 e. The number of carboxylic acids is 1. The lowest BCUT2D eigenvalue weighted by Crippen LogP contribution is -2.23. The Morgan fingerprint density at radius 2 is 1.90 bits per heavy atom. The van der Waals surface area contributed by atoms with Gasteiger partial charge in [-0.25, -0.2) is 9.18 Å². The van der Waals surface area contributed by atoms with Gasteiger partial charge < -0.3 is 10.0 Å². The van der Waals surface area contributed by atoms with E-state index < -0.39 is 11.8 Å². The van der Waals surface area contributed by atoms with Crippen LogP contribution in [0.5, 0.6) is 0 Å². The Labute approximate surface area is 117 Å². The molecular weight excluding hydrogens is 257 g/mol. The minimum absolute atomic E-state index is 0.140. The van der Waals surface area contributed by atoms with Gasteiger partial charge in [0.2, 0.25) is 0 Å². The highest BCUT2D eigenvalue weighted by Gasteiger charge is 2.14. The molecule has 0 fully saturated rings. The maximum absolute atomic E-state index is 13.4. The van der Waals surface area contributed by atoms with Crippen LogP contribution in [-0.4, -0.2) is 17.6 Å². The summed E-state index contributed by atoms with van der Waals surface area (Å²) in [6.45, 7) is 3.05. The highest BCUT2D eigenvalue weighted by Crippen LogP contribution is 2.19. The number of aromatic carboxylic acids is 1. The van der Waals surface area contributed by atoms with E-state index in [1.165, 1.54) is 18.2 Å². The molecule has 0 aliphatic heterocycles. The Hall–Kier alpha value is -2.36. The molecule has 20 heavy (non-hydrogen) atoms. The molecule has 0 spiro atoms. The molecule has 0 heterocycles. The zero-order chi connectivity index (χ0) is 14.5. The zero-order valence-corrected chi connectivity index (χ0v) is 11.2. The maximum atomic E-state index is 13.4. The van der Waals surface area contributed by atoms with Crippen LogP contribution in [0.3, 0.4) is 0 Å². The molecule has 0 atom stereocenters. The van der Waals surface area contributed by atoms with E-state index in [1.54, 1.807) is 0 Å². The average Bonchev–Trinajstić information content (AvgIpc) is 2.45. The quantitative estimate of drug-likeness (QED) is 0.905. The summed E-state index contributed by atoms with van der Waals surface area (Å²) in [5, 5.41) is 9.17. The molecule has 0 amide bonds. The predicted octanol–water partition coefficient (Wildman–Crippen LogP) is 3.55. The Balaban J connectivity index is 2.32. The highest BCUT2D eigenvalue weighted by molar-refractivity contribution is 5.89. The van der Waals surface area contributed by atoms with E-state index >= 15 is 0 Å². The first-order chi connectivity index (χ1) is 9.61. The molecule has 0 saturated heterocycles. The monoisotopic (exact) mass is 273 g/mol. The summed E-state index contributed by atoms with van der Waals surface area (Å²) in [7, 11) is 0. The third-order valence-electron chi connectivity index (χ3n) is 3.16. The maximum Gasteiger partial charge on any atom is 0.336 e. The van der Waals surface area contributed by atoms with Crippen molar-refractivity contribution < 1.29 is 14.3 Å². The third-order valence-corrected chi connectivity index (χ3v) is 3.16. The number of nitrogens with zero attached hydrogens (tertiary/aromatic N) is 1. The van der Waals surface area contributed by atoms with Crippen molar-refractivity contribution in [1.29, 1.82) is 0 Å². The summed E-state index contributed by atoms with van der Waals surface area (Å²) in [5.74, 6) is -1.46. The molecule has 0 bridgehead atoms. The Morgan fingerprint density at radius 1 is 1.20 bits per heavy atom. The van der Waals surface area contributed by atoms with Crippen molar-refractivity contribution in [1.82, 2.24) is 0 Å². The van der Waals surface area contributed by atoms with Crippen molar-refractivity contribution >= 4 is 11.7 Å². The molecule has 0 aliphatic rings. The first-order valence-electron chi connectivity index (χ1n) is 6.43. The van der Waals surface area contributed by atoms with E-state index in [2.05, 4.69) is 0 Å². The van der Waals surface area contributed by atoms with Gasteiger partial charge in [0.15, 0.2) is 0 Å². The standard InChI is InChI=1S/C16H16FNO2/c1-2-18(14-6-4-3-5-7-14)11-12-10-13(17)8-9-15(12)16(19)20/h3-10H,2,11H2,1H3,(H,19,20). The van der Waals surface area contributed by atoms with Crippen molar-refractivity contribution in [3.8, 4) is 0 Å². The lowest BCUT2D eigenvalue weighted by atomic mass is 10.1. The second-order valence-electron chi connectivity index (χ2n) is 4.46. The zero-order valence-electron chi connectivity index (χ0n) is 11.2. The minimum atomic E-state index is -1.04. The molecule has 1 N–H and O–H groups in total. The van der Waals surface area contributed by atoms with Gasteiger partial charge >= 0.3 is 5.97 Å². The minimum Gasteiger partial charge on any atom is -0.478 e. The summed E-state index contributed by atoms with van der Waals surface area (Å²) in [5.41, 5.74) is 1.60. The van der Waals surface area contributed by atoms with E-state index in [0.29, 0.717) is 18.7 Å². The van der Waals surface area contributed by atoms with Gasteiger partial charge in [0.25, 0.3) is 0 Å². The van der Waals surface area contributed by atoms with Crippen LogP contribution in [0.4, 0.5) is 10.1 Å². The van der Waals surface area contributed by atoms with Gasteiger partial charge in [-0.1, -0.05) is 18.2 Å². The Bertz CT molecular complexity index is 599. The fourth-order valence-electron chi connectivity index (χ4n) is 2.13. The number of carbonyl (C=O) groups is 1. The number of rotatable bonds is 5. The number of anilines is 1. The van der Waals surface area contributed by atoms with Crippen molar-refractivity contribution in [3.05, 3.63) is 65.5 Å². The summed E-state index contributed by atoms with van der Waals surface area (Å²) in [6.07, 6.45) is 0. The van der Waals surface area contributed by atoms with Crippen LogP contribution >= 0.6 is 0 Å². The summed E-state index contributed by atoms with van der Waals surface area (Å²) >= 11 is 0. The van der Waals surface area contributed by atoms with Crippen LogP contribution in [-0.2, 0) is 6.54 Å². The molecule has 0 aliphatic carbocycles. The molecule has 0 unspecified atom stereocenters. The molecule has 4 heteroatoms. The van der Waals surface area contributed by atoms with E-state index in [1.807, 2.05) is 42.2 Å². The molecule has 0 saturated carbocycles. The van der Waals surface area contributed by atoms with Gasteiger partial charge in [0.1, 0.15) is 5.82 Å². The predicted molar refractivity (Wildman–Crippen MR) is 76.5 cm³/mol. The fraction of sp³-hybridized carbons (Fsp3) is 0.188. The number of para-hydroxylation sites is 1. The Kier molecular flexibility index (Phi) is 4.35. The molecule has 104 valence electrons. The van der Waals surface area contributed by atoms with Crippen LogP contribution in [0.25, 0.3) is 0 Å². The molecular formula is C16H16FNO2. The van der Waals surface area contributed by atoms with E-state index in [-0.39, 0.29) is 5.56 Å². The second kappa shape index (κ2) is 6.19. The number of benzene rings is 2. The third kappa shape index (κ3) is 3.15. The number of hydrogen-bond donors (Lipinski definition) is 1. The number of halogens is 1. The van der Waals surface area contributed by atoms with Gasteiger partial charge in [-0.05, 0) is 42.8 Å². The molecule has 0 aromatic heterocycles. The molecule has 0 radical (unpaired) electrons. The van der Waals surface area contributed by atoms with Gasteiger partial charge in [-0.3, -0.25) is 0 Å². The fourth-order valence-corrected chi connectivity index (χ4v) is 2.13. The van der Waals surface area contributed by atoms with Crippen molar-refractivity contribution in [3.63, 3.8) is 0 Å². The van der Waals surface area contributed by atoms with Crippen LogP contribution in [0, 0.1) is 5.82 Å².